The summed E-state index contributed by atoms with van der Waals surface area (Å²) in [6.07, 6.45) is 8.53. The minimum Gasteiger partial charge on any atom is -0.507 e. The summed E-state index contributed by atoms with van der Waals surface area (Å²) >= 11 is 0. The molecule has 4 nitrogen and oxygen atoms in total. The van der Waals surface area contributed by atoms with Gasteiger partial charge in [-0.2, -0.15) is 0 Å². The molecule has 0 radical (unpaired) electrons. The molecule has 1 aromatic heterocycles. The third-order valence-electron chi connectivity index (χ3n) is 6.38. The number of hydrogen-bond donors (Lipinski definition) is 1. The number of benzene rings is 3. The lowest BCUT2D eigenvalue weighted by Gasteiger charge is -2.11. The van der Waals surface area contributed by atoms with E-state index in [-0.39, 0.29) is 5.75 Å². The lowest BCUT2D eigenvalue weighted by Crippen LogP contribution is -2.00. The monoisotopic (exact) mass is 465 g/mol. The molecule has 1 heterocycles. The molecule has 0 bridgehead atoms. The standard InChI is InChI=1S/C31H35N3O/c1-4-5-6-7-8-9-10-24-15-20-27(28(35)21-24)31-33-29(25-16-11-22(2)12-17-25)32-30(34-31)26-18-13-23(3)14-19-26/h11-21,35H,4-10H2,1-3H3. The van der Waals surface area contributed by atoms with E-state index < -0.39 is 0 Å². The van der Waals surface area contributed by atoms with E-state index >= 15 is 0 Å². The Labute approximate surface area is 209 Å². The third-order valence-corrected chi connectivity index (χ3v) is 6.38. The maximum Gasteiger partial charge on any atom is 0.167 e. The van der Waals surface area contributed by atoms with E-state index in [2.05, 4.69) is 51.1 Å². The van der Waals surface area contributed by atoms with Gasteiger partial charge in [-0.05, 0) is 44.4 Å². The molecule has 3 aromatic carbocycles. The van der Waals surface area contributed by atoms with Gasteiger partial charge in [-0.3, -0.25) is 0 Å². The Hall–Kier alpha value is -3.53. The predicted octanol–water partition coefficient (Wildman–Crippen LogP) is 8.10. The van der Waals surface area contributed by atoms with Gasteiger partial charge in [-0.15, -0.1) is 0 Å². The average molecular weight is 466 g/mol. The van der Waals surface area contributed by atoms with Gasteiger partial charge in [0.15, 0.2) is 17.5 Å². The molecule has 0 spiro atoms. The molecule has 1 N–H and O–H groups in total. The molecule has 0 fully saturated rings. The first-order chi connectivity index (χ1) is 17.0. The minimum atomic E-state index is 0.212. The Morgan fingerprint density at radius 3 is 1.66 bits per heavy atom. The van der Waals surface area contributed by atoms with E-state index in [9.17, 15) is 5.11 Å². The van der Waals surface area contributed by atoms with Crippen LogP contribution in [-0.2, 0) is 6.42 Å². The second-order valence-corrected chi connectivity index (χ2v) is 9.41. The van der Waals surface area contributed by atoms with Crippen molar-refractivity contribution in [1.82, 2.24) is 15.0 Å². The number of rotatable bonds is 10. The minimum absolute atomic E-state index is 0.212. The molecule has 0 aliphatic heterocycles. The molecule has 35 heavy (non-hydrogen) atoms. The van der Waals surface area contributed by atoms with Crippen molar-refractivity contribution in [3.8, 4) is 39.9 Å². The molecule has 4 heteroatoms. The number of hydrogen-bond acceptors (Lipinski definition) is 4. The fourth-order valence-electron chi connectivity index (χ4n) is 4.19. The van der Waals surface area contributed by atoms with Crippen molar-refractivity contribution in [2.45, 2.75) is 65.7 Å². The van der Waals surface area contributed by atoms with Crippen LogP contribution in [0.1, 0.15) is 62.1 Å². The molecule has 0 saturated heterocycles. The lowest BCUT2D eigenvalue weighted by molar-refractivity contribution is 0.476. The molecule has 0 aliphatic carbocycles. The Kier molecular flexibility index (Phi) is 8.25. The molecule has 0 aliphatic rings. The van der Waals surface area contributed by atoms with Crippen LogP contribution in [0.4, 0.5) is 0 Å². The number of unbranched alkanes of at least 4 members (excludes halogenated alkanes) is 5. The van der Waals surface area contributed by atoms with Gasteiger partial charge in [0.05, 0.1) is 5.56 Å². The third kappa shape index (κ3) is 6.54. The van der Waals surface area contributed by atoms with Crippen molar-refractivity contribution in [1.29, 1.82) is 0 Å². The first-order valence-electron chi connectivity index (χ1n) is 12.8. The summed E-state index contributed by atoms with van der Waals surface area (Å²) in [4.78, 5) is 14.3. The lowest BCUT2D eigenvalue weighted by atomic mass is 10.0. The zero-order valence-corrected chi connectivity index (χ0v) is 21.1. The highest BCUT2D eigenvalue weighted by Gasteiger charge is 2.15. The van der Waals surface area contributed by atoms with Gasteiger partial charge in [0.2, 0.25) is 0 Å². The fourth-order valence-corrected chi connectivity index (χ4v) is 4.19. The van der Waals surface area contributed by atoms with Crippen molar-refractivity contribution in [2.75, 3.05) is 0 Å². The number of aryl methyl sites for hydroxylation is 3. The van der Waals surface area contributed by atoms with Crippen LogP contribution in [0.3, 0.4) is 0 Å². The van der Waals surface area contributed by atoms with Gasteiger partial charge in [0.1, 0.15) is 5.75 Å². The SMILES string of the molecule is CCCCCCCCc1ccc(-c2nc(-c3ccc(C)cc3)nc(-c3ccc(C)cc3)n2)c(O)c1. The normalized spacial score (nSPS) is 11.1. The van der Waals surface area contributed by atoms with E-state index in [1.807, 2.05) is 36.4 Å². The quantitative estimate of drug-likeness (QED) is 0.240. The van der Waals surface area contributed by atoms with E-state index in [1.54, 1.807) is 0 Å². The van der Waals surface area contributed by atoms with Crippen LogP contribution in [0.5, 0.6) is 5.75 Å². The summed E-state index contributed by atoms with van der Waals surface area (Å²) in [5.74, 6) is 1.89. The van der Waals surface area contributed by atoms with Crippen molar-refractivity contribution in [3.05, 3.63) is 83.4 Å². The molecular formula is C31H35N3O. The second-order valence-electron chi connectivity index (χ2n) is 9.41. The highest BCUT2D eigenvalue weighted by Crippen LogP contribution is 2.31. The maximum atomic E-state index is 10.9. The van der Waals surface area contributed by atoms with Crippen molar-refractivity contribution >= 4 is 0 Å². The van der Waals surface area contributed by atoms with Gasteiger partial charge < -0.3 is 5.11 Å². The van der Waals surface area contributed by atoms with Crippen molar-refractivity contribution in [3.63, 3.8) is 0 Å². The Bertz CT molecular complexity index is 1180. The van der Waals surface area contributed by atoms with Crippen LogP contribution in [0.2, 0.25) is 0 Å². The molecule has 4 aromatic rings. The molecule has 4 rings (SSSR count). The number of aromatic hydroxyl groups is 1. The smallest absolute Gasteiger partial charge is 0.167 e. The zero-order valence-electron chi connectivity index (χ0n) is 21.1. The number of phenolic OH excluding ortho intramolecular Hbond substituents is 1. The topological polar surface area (TPSA) is 58.9 Å². The average Bonchev–Trinajstić information content (AvgIpc) is 2.87. The number of phenols is 1. The maximum absolute atomic E-state index is 10.9. The highest BCUT2D eigenvalue weighted by molar-refractivity contribution is 5.70. The first kappa shape index (κ1) is 24.6. The van der Waals surface area contributed by atoms with Crippen LogP contribution < -0.4 is 0 Å². The largest absolute Gasteiger partial charge is 0.507 e. The van der Waals surface area contributed by atoms with Gasteiger partial charge in [-0.1, -0.05) is 105 Å². The summed E-state index contributed by atoms with van der Waals surface area (Å²) in [6.45, 7) is 6.36. The molecular weight excluding hydrogens is 430 g/mol. The van der Waals surface area contributed by atoms with Gasteiger partial charge in [0, 0.05) is 11.1 Å². The number of nitrogens with zero attached hydrogens (tertiary/aromatic N) is 3. The summed E-state index contributed by atoms with van der Waals surface area (Å²) in [6, 6.07) is 22.2. The Balaban J connectivity index is 1.64. The molecule has 0 atom stereocenters. The van der Waals surface area contributed by atoms with Crippen molar-refractivity contribution < 1.29 is 5.11 Å². The Morgan fingerprint density at radius 1 is 0.600 bits per heavy atom. The fraction of sp³-hybridized carbons (Fsp3) is 0.323. The van der Waals surface area contributed by atoms with E-state index in [0.717, 1.165) is 29.5 Å². The highest BCUT2D eigenvalue weighted by atomic mass is 16.3. The zero-order chi connectivity index (χ0) is 24.6. The molecule has 0 unspecified atom stereocenters. The van der Waals surface area contributed by atoms with E-state index in [4.69, 9.17) is 15.0 Å². The van der Waals surface area contributed by atoms with Gasteiger partial charge in [0.25, 0.3) is 0 Å². The van der Waals surface area contributed by atoms with Crippen molar-refractivity contribution in [2.24, 2.45) is 0 Å². The van der Waals surface area contributed by atoms with Crippen LogP contribution in [0.15, 0.2) is 66.7 Å². The first-order valence-corrected chi connectivity index (χ1v) is 12.8. The summed E-state index contributed by atoms with van der Waals surface area (Å²) in [7, 11) is 0. The van der Waals surface area contributed by atoms with Crippen LogP contribution in [0, 0.1) is 13.8 Å². The van der Waals surface area contributed by atoms with Crippen LogP contribution in [0.25, 0.3) is 34.2 Å². The van der Waals surface area contributed by atoms with Crippen LogP contribution in [-0.4, -0.2) is 20.1 Å². The van der Waals surface area contributed by atoms with Crippen LogP contribution >= 0.6 is 0 Å². The summed E-state index contributed by atoms with van der Waals surface area (Å²) in [5, 5.41) is 10.9. The molecule has 0 amide bonds. The summed E-state index contributed by atoms with van der Waals surface area (Å²) < 4.78 is 0. The van der Waals surface area contributed by atoms with Gasteiger partial charge >= 0.3 is 0 Å². The summed E-state index contributed by atoms with van der Waals surface area (Å²) in [5.41, 5.74) is 5.98. The molecule has 180 valence electrons. The predicted molar refractivity (Wildman–Crippen MR) is 144 cm³/mol. The van der Waals surface area contributed by atoms with Gasteiger partial charge in [-0.25, -0.2) is 15.0 Å². The number of aromatic nitrogens is 3. The van der Waals surface area contributed by atoms with E-state index in [0.29, 0.717) is 23.0 Å². The Morgan fingerprint density at radius 2 is 1.11 bits per heavy atom. The second kappa shape index (κ2) is 11.7. The molecule has 0 saturated carbocycles. The van der Waals surface area contributed by atoms with E-state index in [1.165, 1.54) is 43.2 Å².